The fourth-order valence-corrected chi connectivity index (χ4v) is 3.44. The van der Waals surface area contributed by atoms with Crippen molar-refractivity contribution in [3.8, 4) is 0 Å². The Kier molecular flexibility index (Phi) is 10.4. The van der Waals surface area contributed by atoms with Crippen LogP contribution in [0.15, 0.2) is 0 Å². The van der Waals surface area contributed by atoms with E-state index in [1.165, 1.54) is 64.2 Å². The highest BCUT2D eigenvalue weighted by Crippen LogP contribution is 2.30. The third-order valence-electron chi connectivity index (χ3n) is 4.74. The van der Waals surface area contributed by atoms with E-state index in [0.717, 1.165) is 12.3 Å². The predicted octanol–water partition coefficient (Wildman–Crippen LogP) is 5.45. The molecule has 0 bridgehead atoms. The van der Waals surface area contributed by atoms with Gasteiger partial charge in [0.1, 0.15) is 6.10 Å². The van der Waals surface area contributed by atoms with Gasteiger partial charge >= 0.3 is 0 Å². The highest BCUT2D eigenvalue weighted by molar-refractivity contribution is 4.80. The molecular formula is C20H40O3. The molecule has 0 aromatic rings. The summed E-state index contributed by atoms with van der Waals surface area (Å²) in [6.45, 7) is 8.54. The van der Waals surface area contributed by atoms with Crippen LogP contribution in [0.2, 0.25) is 0 Å². The van der Waals surface area contributed by atoms with Crippen LogP contribution in [0.25, 0.3) is 0 Å². The van der Waals surface area contributed by atoms with E-state index in [9.17, 15) is 5.11 Å². The van der Waals surface area contributed by atoms with Crippen LogP contribution in [0.4, 0.5) is 0 Å². The van der Waals surface area contributed by atoms with E-state index in [0.29, 0.717) is 0 Å². The average Bonchev–Trinajstić information content (AvgIpc) is 2.78. The van der Waals surface area contributed by atoms with Crippen molar-refractivity contribution in [3.05, 3.63) is 0 Å². The van der Waals surface area contributed by atoms with Crippen LogP contribution >= 0.6 is 0 Å². The number of unbranched alkanes of at least 4 members (excludes halogenated alkanes) is 8. The molecule has 1 heterocycles. The van der Waals surface area contributed by atoms with Gasteiger partial charge in [0, 0.05) is 0 Å². The van der Waals surface area contributed by atoms with Crippen molar-refractivity contribution in [3.63, 3.8) is 0 Å². The minimum Gasteiger partial charge on any atom is -0.394 e. The molecule has 0 spiro atoms. The lowest BCUT2D eigenvalue weighted by Gasteiger charge is -2.16. The number of aliphatic hydroxyl groups is 1. The molecule has 1 aliphatic rings. The second kappa shape index (κ2) is 11.4. The van der Waals surface area contributed by atoms with E-state index < -0.39 is 5.79 Å². The number of rotatable bonds is 13. The number of hydrogen-bond acceptors (Lipinski definition) is 3. The molecule has 0 radical (unpaired) electrons. The number of ether oxygens (including phenoxy) is 2. The number of hydrogen-bond donors (Lipinski definition) is 1. The van der Waals surface area contributed by atoms with Gasteiger partial charge in [-0.2, -0.15) is 0 Å². The highest BCUT2D eigenvalue weighted by atomic mass is 16.8. The molecule has 23 heavy (non-hydrogen) atoms. The van der Waals surface area contributed by atoms with Gasteiger partial charge in [-0.3, -0.25) is 0 Å². The van der Waals surface area contributed by atoms with Gasteiger partial charge in [-0.05, 0) is 26.2 Å². The summed E-state index contributed by atoms with van der Waals surface area (Å²) < 4.78 is 11.6. The van der Waals surface area contributed by atoms with Gasteiger partial charge in [0.15, 0.2) is 5.79 Å². The van der Waals surface area contributed by atoms with E-state index in [1.807, 2.05) is 13.8 Å². The summed E-state index contributed by atoms with van der Waals surface area (Å²) in [6.07, 6.45) is 14.5. The van der Waals surface area contributed by atoms with Gasteiger partial charge in [-0.15, -0.1) is 0 Å². The lowest BCUT2D eigenvalue weighted by Crippen LogP contribution is -2.26. The Balaban J connectivity index is 1.90. The molecule has 1 rings (SSSR count). The Labute approximate surface area is 144 Å². The average molecular weight is 329 g/mol. The third-order valence-corrected chi connectivity index (χ3v) is 4.74. The summed E-state index contributed by atoms with van der Waals surface area (Å²) >= 11 is 0. The third kappa shape index (κ3) is 9.69. The Bertz CT molecular complexity index is 289. The van der Waals surface area contributed by atoms with E-state index in [4.69, 9.17) is 9.47 Å². The zero-order valence-electron chi connectivity index (χ0n) is 16.0. The smallest absolute Gasteiger partial charge is 0.163 e. The van der Waals surface area contributed by atoms with Gasteiger partial charge in [-0.25, -0.2) is 0 Å². The van der Waals surface area contributed by atoms with Crippen LogP contribution < -0.4 is 0 Å². The minimum atomic E-state index is -0.534. The predicted molar refractivity (Wildman–Crippen MR) is 96.5 cm³/mol. The maximum Gasteiger partial charge on any atom is 0.163 e. The molecule has 3 heteroatoms. The number of aliphatic hydroxyl groups excluding tert-OH is 1. The molecule has 3 nitrogen and oxygen atoms in total. The molecule has 0 aromatic heterocycles. The normalized spacial score (nSPS) is 23.7. The molecule has 0 unspecified atom stereocenters. The Hall–Kier alpha value is -0.120. The van der Waals surface area contributed by atoms with Gasteiger partial charge in [0.25, 0.3) is 0 Å². The van der Waals surface area contributed by atoms with E-state index in [1.54, 1.807) is 0 Å². The van der Waals surface area contributed by atoms with Crippen LogP contribution in [-0.2, 0) is 9.47 Å². The van der Waals surface area contributed by atoms with Gasteiger partial charge in [0.05, 0.1) is 12.7 Å². The first-order chi connectivity index (χ1) is 10.9. The Morgan fingerprint density at radius 1 is 0.783 bits per heavy atom. The molecule has 138 valence electrons. The summed E-state index contributed by atoms with van der Waals surface area (Å²) in [4.78, 5) is 0. The van der Waals surface area contributed by atoms with E-state index in [2.05, 4.69) is 13.8 Å². The fraction of sp³-hybridized carbons (Fsp3) is 1.00. The van der Waals surface area contributed by atoms with Gasteiger partial charge in [-0.1, -0.05) is 78.1 Å². The zero-order chi connectivity index (χ0) is 17.1. The largest absolute Gasteiger partial charge is 0.394 e. The van der Waals surface area contributed by atoms with Crippen molar-refractivity contribution in [2.45, 2.75) is 116 Å². The van der Waals surface area contributed by atoms with Crippen molar-refractivity contribution < 1.29 is 14.6 Å². The zero-order valence-corrected chi connectivity index (χ0v) is 16.0. The second-order valence-corrected chi connectivity index (χ2v) is 8.05. The lowest BCUT2D eigenvalue weighted by atomic mass is 10.0. The maximum absolute atomic E-state index is 9.36. The molecule has 0 aliphatic carbocycles. The standard InChI is InChI=1S/C20H40O3/c1-17(2)14-12-10-8-6-5-7-9-11-13-15-18-19(16-21)23-20(3,4)22-18/h17-19,21H,5-16H2,1-4H3/t18-,19+/m1/s1. The highest BCUT2D eigenvalue weighted by Gasteiger charge is 2.40. The summed E-state index contributed by atoms with van der Waals surface area (Å²) in [5.74, 6) is 0.327. The second-order valence-electron chi connectivity index (χ2n) is 8.05. The first kappa shape index (κ1) is 20.9. The van der Waals surface area contributed by atoms with Crippen molar-refractivity contribution in [2.75, 3.05) is 6.61 Å². The van der Waals surface area contributed by atoms with Crippen LogP contribution in [0.5, 0.6) is 0 Å². The van der Waals surface area contributed by atoms with Crippen LogP contribution in [0.1, 0.15) is 98.3 Å². The topological polar surface area (TPSA) is 38.7 Å². The molecule has 0 saturated carbocycles. The van der Waals surface area contributed by atoms with E-state index >= 15 is 0 Å². The summed E-state index contributed by atoms with van der Waals surface area (Å²) in [7, 11) is 0. The summed E-state index contributed by atoms with van der Waals surface area (Å²) in [5.41, 5.74) is 0. The summed E-state index contributed by atoms with van der Waals surface area (Å²) in [5, 5.41) is 9.36. The fourth-order valence-electron chi connectivity index (χ4n) is 3.44. The van der Waals surface area contributed by atoms with Gasteiger partial charge in [0.2, 0.25) is 0 Å². The van der Waals surface area contributed by atoms with Crippen LogP contribution in [-0.4, -0.2) is 29.7 Å². The monoisotopic (exact) mass is 328 g/mol. The molecule has 1 N–H and O–H groups in total. The maximum atomic E-state index is 9.36. The summed E-state index contributed by atoms with van der Waals surface area (Å²) in [6, 6.07) is 0. The Morgan fingerprint density at radius 2 is 1.26 bits per heavy atom. The molecule has 1 fully saturated rings. The quantitative estimate of drug-likeness (QED) is 0.457. The van der Waals surface area contributed by atoms with Crippen molar-refractivity contribution in [1.29, 1.82) is 0 Å². The van der Waals surface area contributed by atoms with Crippen LogP contribution in [0, 0.1) is 5.92 Å². The first-order valence-corrected chi connectivity index (χ1v) is 9.91. The Morgan fingerprint density at radius 3 is 1.78 bits per heavy atom. The van der Waals surface area contributed by atoms with Crippen molar-refractivity contribution >= 4 is 0 Å². The SMILES string of the molecule is CC(C)CCCCCCCCCCC[C@H]1OC(C)(C)O[C@H]1CO. The van der Waals surface area contributed by atoms with E-state index in [-0.39, 0.29) is 18.8 Å². The minimum absolute atomic E-state index is 0.0604. The molecule has 2 atom stereocenters. The molecule has 0 amide bonds. The first-order valence-electron chi connectivity index (χ1n) is 9.91. The van der Waals surface area contributed by atoms with Crippen molar-refractivity contribution in [2.24, 2.45) is 5.92 Å². The van der Waals surface area contributed by atoms with Crippen molar-refractivity contribution in [1.82, 2.24) is 0 Å². The lowest BCUT2D eigenvalue weighted by molar-refractivity contribution is -0.149. The molecule has 1 aliphatic heterocycles. The van der Waals surface area contributed by atoms with Gasteiger partial charge < -0.3 is 14.6 Å². The molecule has 0 aromatic carbocycles. The van der Waals surface area contributed by atoms with Crippen LogP contribution in [0.3, 0.4) is 0 Å². The molecule has 1 saturated heterocycles. The molecular weight excluding hydrogens is 288 g/mol.